The van der Waals surface area contributed by atoms with Crippen LogP contribution in [0.25, 0.3) is 0 Å². The van der Waals surface area contributed by atoms with Crippen LogP contribution in [0.15, 0.2) is 36.4 Å². The molecule has 1 heterocycles. The molecule has 1 aliphatic heterocycles. The van der Waals surface area contributed by atoms with Gasteiger partial charge >= 0.3 is 0 Å². The van der Waals surface area contributed by atoms with Gasteiger partial charge in [-0.2, -0.15) is 5.26 Å². The number of carbonyl (C=O) groups excluding carboxylic acids is 2. The number of rotatable bonds is 1. The molecule has 0 N–H and O–H groups in total. The lowest BCUT2D eigenvalue weighted by molar-refractivity contribution is -0.124. The maximum Gasteiger partial charge on any atom is 0.238 e. The number of hydrogen-bond acceptors (Lipinski definition) is 3. The van der Waals surface area contributed by atoms with Gasteiger partial charge in [-0.05, 0) is 42.2 Å². The SMILES string of the molecule is N#Cc1ccccc1N1C(=O)[C@@H]2[C@@H]3C=C[C@H]([C@H]4C[C@H]34)[C@@H]2C1=O. The third kappa shape index (κ3) is 1.28. The first kappa shape index (κ1) is 12.2. The molecule has 3 fully saturated rings. The lowest BCUT2D eigenvalue weighted by Crippen LogP contribution is -2.40. The maximum absolute atomic E-state index is 12.9. The number of carbonyl (C=O) groups is 2. The van der Waals surface area contributed by atoms with Gasteiger partial charge in [0.05, 0.1) is 23.1 Å². The van der Waals surface area contributed by atoms with Crippen LogP contribution in [-0.4, -0.2) is 11.8 Å². The van der Waals surface area contributed by atoms with Gasteiger partial charge in [0, 0.05) is 0 Å². The number of nitrogens with zero attached hydrogens (tertiary/aromatic N) is 2. The first-order valence-electron chi connectivity index (χ1n) is 7.77. The third-order valence-corrected chi connectivity index (χ3v) is 5.93. The van der Waals surface area contributed by atoms with E-state index in [4.69, 9.17) is 0 Å². The number of allylic oxidation sites excluding steroid dienone is 2. The minimum absolute atomic E-state index is 0.109. The van der Waals surface area contributed by atoms with E-state index >= 15 is 0 Å². The lowest BCUT2D eigenvalue weighted by atomic mass is 9.63. The van der Waals surface area contributed by atoms with Crippen molar-refractivity contribution < 1.29 is 9.59 Å². The second-order valence-corrected chi connectivity index (χ2v) is 6.80. The molecule has 2 bridgehead atoms. The fraction of sp³-hybridized carbons (Fsp3) is 0.389. The molecule has 108 valence electrons. The topological polar surface area (TPSA) is 61.2 Å². The number of hydrogen-bond donors (Lipinski definition) is 0. The minimum atomic E-state index is -0.210. The summed E-state index contributed by atoms with van der Waals surface area (Å²) in [5.74, 6) is 0.991. The molecule has 4 nitrogen and oxygen atoms in total. The Kier molecular flexibility index (Phi) is 2.14. The maximum atomic E-state index is 12.9. The van der Waals surface area contributed by atoms with Crippen LogP contribution in [0.4, 0.5) is 5.69 Å². The van der Waals surface area contributed by atoms with Gasteiger partial charge in [0.25, 0.3) is 0 Å². The first-order chi connectivity index (χ1) is 10.7. The van der Waals surface area contributed by atoms with Crippen molar-refractivity contribution in [3.8, 4) is 6.07 Å². The van der Waals surface area contributed by atoms with Crippen LogP contribution < -0.4 is 4.90 Å². The van der Waals surface area contributed by atoms with E-state index in [0.29, 0.717) is 23.1 Å². The molecule has 6 rings (SSSR count). The van der Waals surface area contributed by atoms with Gasteiger partial charge < -0.3 is 0 Å². The zero-order valence-corrected chi connectivity index (χ0v) is 11.8. The number of benzene rings is 1. The van der Waals surface area contributed by atoms with Gasteiger partial charge in [0.1, 0.15) is 6.07 Å². The second kappa shape index (κ2) is 3.86. The average Bonchev–Trinajstić information content (AvgIpc) is 3.32. The van der Waals surface area contributed by atoms with E-state index < -0.39 is 0 Å². The van der Waals surface area contributed by atoms with Crippen LogP contribution >= 0.6 is 0 Å². The summed E-state index contributed by atoms with van der Waals surface area (Å²) in [6.07, 6.45) is 5.47. The molecular weight excluding hydrogens is 276 g/mol. The van der Waals surface area contributed by atoms with Gasteiger partial charge in [-0.3, -0.25) is 9.59 Å². The number of imide groups is 1. The third-order valence-electron chi connectivity index (χ3n) is 5.93. The zero-order chi connectivity index (χ0) is 15.0. The molecule has 0 radical (unpaired) electrons. The molecule has 2 saturated carbocycles. The molecule has 0 spiro atoms. The highest BCUT2D eigenvalue weighted by Crippen LogP contribution is 2.65. The predicted octanol–water partition coefficient (Wildman–Crippen LogP) is 2.12. The Balaban J connectivity index is 1.62. The quantitative estimate of drug-likeness (QED) is 0.588. The minimum Gasteiger partial charge on any atom is -0.274 e. The van der Waals surface area contributed by atoms with E-state index in [0.717, 1.165) is 6.42 Å². The van der Waals surface area contributed by atoms with Crippen LogP contribution in [0, 0.1) is 46.8 Å². The van der Waals surface area contributed by atoms with E-state index in [9.17, 15) is 14.9 Å². The highest BCUT2D eigenvalue weighted by Gasteiger charge is 2.67. The smallest absolute Gasteiger partial charge is 0.238 e. The number of nitriles is 1. The molecule has 4 aliphatic carbocycles. The van der Waals surface area contributed by atoms with Gasteiger partial charge in [0.15, 0.2) is 0 Å². The summed E-state index contributed by atoms with van der Waals surface area (Å²) in [7, 11) is 0. The molecule has 1 aromatic carbocycles. The normalized spacial score (nSPS) is 40.4. The van der Waals surface area contributed by atoms with Crippen molar-refractivity contribution in [3.05, 3.63) is 42.0 Å². The Hall–Kier alpha value is -2.41. The molecule has 22 heavy (non-hydrogen) atoms. The van der Waals surface area contributed by atoms with E-state index in [1.165, 1.54) is 4.90 Å². The van der Waals surface area contributed by atoms with Gasteiger partial charge in [-0.1, -0.05) is 24.3 Å². The Bertz CT molecular complexity index is 755. The molecule has 0 aromatic heterocycles. The average molecular weight is 290 g/mol. The standard InChI is InChI=1S/C18H14N2O2/c19-8-9-3-1-2-4-14(9)20-17(21)15-10-5-6-11(13-7-12(10)13)16(15)18(20)22/h1-6,10-13,15-16H,7H2/t10-,11-,12-,13-,15-,16+/m1/s1. The lowest BCUT2D eigenvalue weighted by Gasteiger charge is -2.37. The zero-order valence-electron chi connectivity index (χ0n) is 11.8. The van der Waals surface area contributed by atoms with Crippen molar-refractivity contribution in [1.82, 2.24) is 0 Å². The van der Waals surface area contributed by atoms with Gasteiger partial charge in [-0.25, -0.2) is 4.90 Å². The summed E-state index contributed by atoms with van der Waals surface area (Å²) < 4.78 is 0. The van der Waals surface area contributed by atoms with Crippen molar-refractivity contribution in [2.45, 2.75) is 6.42 Å². The molecule has 1 saturated heterocycles. The van der Waals surface area contributed by atoms with Gasteiger partial charge in [-0.15, -0.1) is 0 Å². The summed E-state index contributed by atoms with van der Waals surface area (Å²) >= 11 is 0. The van der Waals surface area contributed by atoms with Crippen molar-refractivity contribution in [3.63, 3.8) is 0 Å². The largest absolute Gasteiger partial charge is 0.274 e. The van der Waals surface area contributed by atoms with Crippen LogP contribution in [0.2, 0.25) is 0 Å². The van der Waals surface area contributed by atoms with E-state index in [2.05, 4.69) is 18.2 Å². The van der Waals surface area contributed by atoms with Crippen molar-refractivity contribution in [1.29, 1.82) is 5.26 Å². The Morgan fingerprint density at radius 1 is 1.00 bits per heavy atom. The molecule has 0 unspecified atom stereocenters. The van der Waals surface area contributed by atoms with E-state index in [-0.39, 0.29) is 35.5 Å². The van der Waals surface area contributed by atoms with Crippen molar-refractivity contribution in [2.75, 3.05) is 4.90 Å². The monoisotopic (exact) mass is 290 g/mol. The summed E-state index contributed by atoms with van der Waals surface area (Å²) in [6.45, 7) is 0. The molecule has 1 aromatic rings. The number of amides is 2. The van der Waals surface area contributed by atoms with Crippen molar-refractivity contribution in [2.24, 2.45) is 35.5 Å². The van der Waals surface area contributed by atoms with Crippen molar-refractivity contribution >= 4 is 17.5 Å². The molecule has 6 atom stereocenters. The highest BCUT2D eigenvalue weighted by molar-refractivity contribution is 6.23. The Morgan fingerprint density at radius 2 is 1.59 bits per heavy atom. The predicted molar refractivity (Wildman–Crippen MR) is 78.3 cm³/mol. The summed E-state index contributed by atoms with van der Waals surface area (Å²) in [6, 6.07) is 8.96. The fourth-order valence-electron chi connectivity index (χ4n) is 4.96. The summed E-state index contributed by atoms with van der Waals surface area (Å²) in [4.78, 5) is 27.2. The number of para-hydroxylation sites is 1. The van der Waals surface area contributed by atoms with E-state index in [1.54, 1.807) is 24.3 Å². The van der Waals surface area contributed by atoms with Gasteiger partial charge in [0.2, 0.25) is 11.8 Å². The second-order valence-electron chi connectivity index (χ2n) is 6.80. The van der Waals surface area contributed by atoms with Crippen LogP contribution in [0.1, 0.15) is 12.0 Å². The van der Waals surface area contributed by atoms with Crippen LogP contribution in [0.3, 0.4) is 0 Å². The Labute approximate surface area is 128 Å². The number of anilines is 1. The first-order valence-corrected chi connectivity index (χ1v) is 7.77. The van der Waals surface area contributed by atoms with Crippen LogP contribution in [0.5, 0.6) is 0 Å². The highest BCUT2D eigenvalue weighted by atomic mass is 16.2. The molecular formula is C18H14N2O2. The molecule has 2 amide bonds. The summed E-state index contributed by atoms with van der Waals surface area (Å²) in [5.41, 5.74) is 0.829. The Morgan fingerprint density at radius 3 is 2.18 bits per heavy atom. The summed E-state index contributed by atoms with van der Waals surface area (Å²) in [5, 5.41) is 9.26. The van der Waals surface area contributed by atoms with E-state index in [1.807, 2.05) is 0 Å². The fourth-order valence-corrected chi connectivity index (χ4v) is 4.96. The molecule has 4 heteroatoms. The molecule has 5 aliphatic rings. The van der Waals surface area contributed by atoms with Crippen LogP contribution in [-0.2, 0) is 9.59 Å².